The number of anilines is 3. The first kappa shape index (κ1) is 23.3. The molecule has 3 aromatic heterocycles. The highest BCUT2D eigenvalue weighted by Gasteiger charge is 2.18. The van der Waals surface area contributed by atoms with Gasteiger partial charge < -0.3 is 20.7 Å². The Morgan fingerprint density at radius 1 is 1.00 bits per heavy atom. The summed E-state index contributed by atoms with van der Waals surface area (Å²) < 4.78 is 7.77. The molecule has 0 bridgehead atoms. The molecular weight excluding hydrogens is 450 g/mol. The third-order valence-electron chi connectivity index (χ3n) is 5.72. The smallest absolute Gasteiger partial charge is 0.227 e. The molecule has 0 aliphatic heterocycles. The number of fused-ring (bicyclic) bond motifs is 1. The number of aromatic nitrogens is 4. The highest BCUT2D eigenvalue weighted by Crippen LogP contribution is 2.35. The molecule has 0 spiro atoms. The molecule has 0 saturated heterocycles. The van der Waals surface area contributed by atoms with Gasteiger partial charge in [-0.05, 0) is 63.0 Å². The van der Waals surface area contributed by atoms with E-state index in [0.29, 0.717) is 18.2 Å². The fourth-order valence-corrected chi connectivity index (χ4v) is 4.06. The highest BCUT2D eigenvalue weighted by molar-refractivity contribution is 5.91. The third-order valence-corrected chi connectivity index (χ3v) is 5.72. The van der Waals surface area contributed by atoms with Crippen LogP contribution in [0.1, 0.15) is 6.42 Å². The average Bonchev–Trinajstić information content (AvgIpc) is 3.27. The maximum atomic E-state index is 6.07. The van der Waals surface area contributed by atoms with E-state index in [0.717, 1.165) is 52.4 Å². The maximum Gasteiger partial charge on any atom is 0.227 e. The normalized spacial score (nSPS) is 11.2. The summed E-state index contributed by atoms with van der Waals surface area (Å²) in [6.07, 6.45) is 4.64. The van der Waals surface area contributed by atoms with Gasteiger partial charge in [0, 0.05) is 41.9 Å². The van der Waals surface area contributed by atoms with Crippen molar-refractivity contribution in [3.05, 3.63) is 85.2 Å². The molecule has 0 aliphatic carbocycles. The van der Waals surface area contributed by atoms with E-state index < -0.39 is 0 Å². The molecule has 0 saturated carbocycles. The Balaban J connectivity index is 1.44. The van der Waals surface area contributed by atoms with Crippen LogP contribution in [-0.4, -0.2) is 51.7 Å². The van der Waals surface area contributed by atoms with E-state index in [-0.39, 0.29) is 0 Å². The van der Waals surface area contributed by atoms with Gasteiger partial charge in [-0.2, -0.15) is 5.10 Å². The minimum atomic E-state index is 0.492. The number of benzene rings is 2. The molecule has 8 heteroatoms. The van der Waals surface area contributed by atoms with Crippen LogP contribution in [0.25, 0.3) is 28.0 Å². The molecule has 0 unspecified atom stereocenters. The Labute approximate surface area is 210 Å². The van der Waals surface area contributed by atoms with E-state index in [1.807, 2.05) is 83.5 Å². The Morgan fingerprint density at radius 3 is 2.75 bits per heavy atom. The van der Waals surface area contributed by atoms with Crippen molar-refractivity contribution in [2.75, 3.05) is 38.3 Å². The van der Waals surface area contributed by atoms with Gasteiger partial charge in [0.25, 0.3) is 0 Å². The zero-order valence-electron chi connectivity index (χ0n) is 20.4. The quantitative estimate of drug-likeness (QED) is 0.224. The van der Waals surface area contributed by atoms with Gasteiger partial charge in [-0.25, -0.2) is 14.5 Å². The first-order valence-electron chi connectivity index (χ1n) is 11.9. The maximum absolute atomic E-state index is 6.07. The lowest BCUT2D eigenvalue weighted by molar-refractivity contribution is 0.281. The largest absolute Gasteiger partial charge is 0.493 e. The molecular formula is C28H29N7O. The molecule has 0 amide bonds. The molecule has 0 aliphatic rings. The number of nitrogens with one attached hydrogen (secondary N) is 1. The van der Waals surface area contributed by atoms with Gasteiger partial charge in [0.15, 0.2) is 0 Å². The number of hydrogen-bond donors (Lipinski definition) is 2. The van der Waals surface area contributed by atoms with E-state index in [4.69, 9.17) is 20.6 Å². The Hall–Kier alpha value is -4.43. The van der Waals surface area contributed by atoms with Gasteiger partial charge in [-0.3, -0.25) is 0 Å². The van der Waals surface area contributed by atoms with Crippen molar-refractivity contribution in [1.29, 1.82) is 0 Å². The Kier molecular flexibility index (Phi) is 6.77. The molecule has 0 atom stereocenters. The zero-order chi connectivity index (χ0) is 24.9. The van der Waals surface area contributed by atoms with Crippen LogP contribution in [0.15, 0.2) is 85.2 Å². The fourth-order valence-electron chi connectivity index (χ4n) is 4.06. The second kappa shape index (κ2) is 10.5. The second-order valence-corrected chi connectivity index (χ2v) is 8.80. The molecule has 3 heterocycles. The molecule has 36 heavy (non-hydrogen) atoms. The van der Waals surface area contributed by atoms with Gasteiger partial charge in [0.05, 0.1) is 23.4 Å². The highest BCUT2D eigenvalue weighted by atomic mass is 16.5. The van der Waals surface area contributed by atoms with Crippen molar-refractivity contribution in [3.63, 3.8) is 0 Å². The van der Waals surface area contributed by atoms with E-state index in [1.54, 1.807) is 6.20 Å². The number of hydrogen-bond acceptors (Lipinski definition) is 7. The number of ether oxygens (including phenoxy) is 1. The Morgan fingerprint density at radius 2 is 1.89 bits per heavy atom. The number of nitrogens with zero attached hydrogens (tertiary/aromatic N) is 5. The first-order chi connectivity index (χ1) is 17.6. The monoisotopic (exact) mass is 479 g/mol. The summed E-state index contributed by atoms with van der Waals surface area (Å²) in [5.41, 5.74) is 12.0. The summed E-state index contributed by atoms with van der Waals surface area (Å²) in [7, 11) is 4.12. The van der Waals surface area contributed by atoms with Crippen molar-refractivity contribution in [2.24, 2.45) is 0 Å². The topological polar surface area (TPSA) is 93.6 Å². The van der Waals surface area contributed by atoms with Crippen LogP contribution in [0.2, 0.25) is 0 Å². The summed E-state index contributed by atoms with van der Waals surface area (Å²) in [4.78, 5) is 11.4. The molecule has 182 valence electrons. The van der Waals surface area contributed by atoms with Crippen molar-refractivity contribution in [3.8, 4) is 28.3 Å². The summed E-state index contributed by atoms with van der Waals surface area (Å²) in [6.45, 7) is 1.65. The standard InChI is InChI=1S/C28H29N7O/c1-34(2)15-7-17-36-23-11-6-10-22(19-23)31-28-30-14-13-24(32-28)26-25-12-3-4-16-35(25)33-27(26)20-8-5-9-21(29)18-20/h3-6,8-14,16,18-19H,7,15,17,29H2,1-2H3,(H,30,31,32). The van der Waals surface area contributed by atoms with Gasteiger partial charge in [-0.15, -0.1) is 0 Å². The molecule has 5 aromatic rings. The number of pyridine rings is 1. The summed E-state index contributed by atoms with van der Waals surface area (Å²) in [5.74, 6) is 1.30. The van der Waals surface area contributed by atoms with E-state index in [9.17, 15) is 0 Å². The van der Waals surface area contributed by atoms with Crippen LogP contribution in [0.3, 0.4) is 0 Å². The lowest BCUT2D eigenvalue weighted by atomic mass is 10.0. The van der Waals surface area contributed by atoms with Crippen LogP contribution in [0.4, 0.5) is 17.3 Å². The van der Waals surface area contributed by atoms with Gasteiger partial charge >= 0.3 is 0 Å². The SMILES string of the molecule is CN(C)CCCOc1cccc(Nc2nccc(-c3c(-c4cccc(N)c4)nn4ccccc34)n2)c1. The van der Waals surface area contributed by atoms with Gasteiger partial charge in [0.2, 0.25) is 5.95 Å². The van der Waals surface area contributed by atoms with Crippen LogP contribution < -0.4 is 15.8 Å². The molecule has 0 fully saturated rings. The summed E-state index contributed by atoms with van der Waals surface area (Å²) in [5, 5.41) is 8.15. The average molecular weight is 480 g/mol. The van der Waals surface area contributed by atoms with E-state index in [2.05, 4.69) is 29.3 Å². The fraction of sp³-hybridized carbons (Fsp3) is 0.179. The predicted octanol–water partition coefficient (Wildman–Crippen LogP) is 5.11. The third kappa shape index (κ3) is 5.29. The molecule has 0 radical (unpaired) electrons. The minimum absolute atomic E-state index is 0.492. The van der Waals surface area contributed by atoms with E-state index in [1.165, 1.54) is 0 Å². The van der Waals surface area contributed by atoms with E-state index >= 15 is 0 Å². The van der Waals surface area contributed by atoms with Crippen molar-refractivity contribution >= 4 is 22.8 Å². The van der Waals surface area contributed by atoms with Crippen molar-refractivity contribution < 1.29 is 4.74 Å². The summed E-state index contributed by atoms with van der Waals surface area (Å²) >= 11 is 0. The van der Waals surface area contributed by atoms with Crippen molar-refractivity contribution in [1.82, 2.24) is 24.5 Å². The van der Waals surface area contributed by atoms with Gasteiger partial charge in [-0.1, -0.05) is 24.3 Å². The number of nitrogens with two attached hydrogens (primary N) is 1. The number of nitrogen functional groups attached to an aromatic ring is 1. The Bertz CT molecular complexity index is 1480. The van der Waals surface area contributed by atoms with Crippen molar-refractivity contribution in [2.45, 2.75) is 6.42 Å². The molecule has 3 N–H and O–H groups in total. The molecule has 2 aromatic carbocycles. The lowest BCUT2D eigenvalue weighted by Gasteiger charge is -2.12. The van der Waals surface area contributed by atoms with Crippen LogP contribution in [-0.2, 0) is 0 Å². The predicted molar refractivity (Wildman–Crippen MR) is 144 cm³/mol. The molecule has 8 nitrogen and oxygen atoms in total. The summed E-state index contributed by atoms with van der Waals surface area (Å²) in [6, 6.07) is 23.4. The number of rotatable bonds is 9. The van der Waals surface area contributed by atoms with Crippen LogP contribution in [0.5, 0.6) is 5.75 Å². The molecule has 5 rings (SSSR count). The first-order valence-corrected chi connectivity index (χ1v) is 11.9. The zero-order valence-corrected chi connectivity index (χ0v) is 20.4. The second-order valence-electron chi connectivity index (χ2n) is 8.80. The lowest BCUT2D eigenvalue weighted by Crippen LogP contribution is -2.15. The van der Waals surface area contributed by atoms with Gasteiger partial charge in [0.1, 0.15) is 11.4 Å². The minimum Gasteiger partial charge on any atom is -0.493 e. The van der Waals surface area contributed by atoms with Crippen LogP contribution >= 0.6 is 0 Å². The van der Waals surface area contributed by atoms with Crippen LogP contribution in [0, 0.1) is 0 Å².